The molecule has 1 heterocycles. The number of aromatic nitrogens is 1. The molecule has 0 radical (unpaired) electrons. The van der Waals surface area contributed by atoms with Crippen LogP contribution in [-0.4, -0.2) is 30.3 Å². The molecule has 2 N–H and O–H groups in total. The van der Waals surface area contributed by atoms with E-state index in [2.05, 4.69) is 10.3 Å². The van der Waals surface area contributed by atoms with Crippen molar-refractivity contribution in [2.24, 2.45) is 0 Å². The van der Waals surface area contributed by atoms with Crippen LogP contribution >= 0.6 is 22.9 Å². The lowest BCUT2D eigenvalue weighted by atomic mass is 10.1. The topological polar surface area (TPSA) is 80.7 Å². The Morgan fingerprint density at radius 2 is 1.93 bits per heavy atom. The fraction of sp³-hybridized carbons (Fsp3) is 0.158. The largest absolute Gasteiger partial charge is 0.493 e. The van der Waals surface area contributed by atoms with Crippen molar-refractivity contribution in [1.29, 1.82) is 0 Å². The first-order chi connectivity index (χ1) is 13.0. The molecule has 27 heavy (non-hydrogen) atoms. The van der Waals surface area contributed by atoms with Crippen LogP contribution in [0.15, 0.2) is 42.5 Å². The number of methoxy groups -OCH3 is 2. The van der Waals surface area contributed by atoms with E-state index in [0.29, 0.717) is 37.9 Å². The number of ether oxygens (including phenoxy) is 2. The molecule has 0 fully saturated rings. The van der Waals surface area contributed by atoms with Gasteiger partial charge in [0.15, 0.2) is 16.6 Å². The smallest absolute Gasteiger partial charge is 0.308 e. The number of thiazole rings is 1. The quantitative estimate of drug-likeness (QED) is 0.585. The Bertz CT molecular complexity index is 974. The van der Waals surface area contributed by atoms with Crippen LogP contribution in [-0.2, 0) is 11.2 Å². The average molecular weight is 405 g/mol. The van der Waals surface area contributed by atoms with Crippen LogP contribution in [0.25, 0.3) is 11.3 Å². The lowest BCUT2D eigenvalue weighted by Crippen LogP contribution is -1.99. The van der Waals surface area contributed by atoms with Crippen molar-refractivity contribution >= 4 is 39.7 Å². The number of anilines is 2. The van der Waals surface area contributed by atoms with E-state index in [1.807, 2.05) is 24.3 Å². The van der Waals surface area contributed by atoms with Gasteiger partial charge in [-0.3, -0.25) is 4.79 Å². The Morgan fingerprint density at radius 1 is 1.19 bits per heavy atom. The molecule has 1 aromatic heterocycles. The number of hydrogen-bond acceptors (Lipinski definition) is 6. The number of aliphatic carboxylic acids is 1. The average Bonchev–Trinajstić information content (AvgIpc) is 3.04. The van der Waals surface area contributed by atoms with Gasteiger partial charge in [-0.1, -0.05) is 23.7 Å². The molecular weight excluding hydrogens is 388 g/mol. The summed E-state index contributed by atoms with van der Waals surface area (Å²) in [7, 11) is 3.10. The summed E-state index contributed by atoms with van der Waals surface area (Å²) in [4.78, 5) is 16.5. The molecule has 140 valence electrons. The minimum atomic E-state index is -0.926. The lowest BCUT2D eigenvalue weighted by Gasteiger charge is -2.09. The highest BCUT2D eigenvalue weighted by Crippen LogP contribution is 2.38. The summed E-state index contributed by atoms with van der Waals surface area (Å²) in [6.07, 6.45) is -0.133. The van der Waals surface area contributed by atoms with Crippen LogP contribution in [0.2, 0.25) is 5.02 Å². The highest BCUT2D eigenvalue weighted by molar-refractivity contribution is 7.16. The number of carbonyl (C=O) groups is 1. The van der Waals surface area contributed by atoms with Crippen molar-refractivity contribution in [3.63, 3.8) is 0 Å². The molecule has 0 aliphatic heterocycles. The molecule has 0 amide bonds. The van der Waals surface area contributed by atoms with Crippen molar-refractivity contribution in [2.45, 2.75) is 6.42 Å². The summed E-state index contributed by atoms with van der Waals surface area (Å²) in [6, 6.07) is 12.6. The van der Waals surface area contributed by atoms with E-state index in [4.69, 9.17) is 21.1 Å². The summed E-state index contributed by atoms with van der Waals surface area (Å²) in [5.74, 6) is 0.209. The van der Waals surface area contributed by atoms with Crippen LogP contribution < -0.4 is 14.8 Å². The molecule has 0 bridgehead atoms. The van der Waals surface area contributed by atoms with Crippen molar-refractivity contribution in [1.82, 2.24) is 4.98 Å². The zero-order valence-electron chi connectivity index (χ0n) is 14.7. The van der Waals surface area contributed by atoms with Gasteiger partial charge in [0, 0.05) is 10.4 Å². The van der Waals surface area contributed by atoms with Crippen molar-refractivity contribution in [3.05, 3.63) is 52.4 Å². The Labute approximate surface area is 165 Å². The molecule has 3 aromatic rings. The molecule has 0 spiro atoms. The SMILES string of the molecule is COc1ccc(-c2nc(Nc3ccccc3Cl)sc2CC(=O)O)cc1OC. The summed E-state index contributed by atoms with van der Waals surface area (Å²) >= 11 is 7.46. The third-order valence-electron chi connectivity index (χ3n) is 3.78. The molecule has 8 heteroatoms. The predicted octanol–water partition coefficient (Wildman–Crippen LogP) is 4.85. The van der Waals surface area contributed by atoms with E-state index in [-0.39, 0.29) is 6.42 Å². The van der Waals surface area contributed by atoms with E-state index >= 15 is 0 Å². The number of rotatable bonds is 7. The Morgan fingerprint density at radius 3 is 2.59 bits per heavy atom. The van der Waals surface area contributed by atoms with Gasteiger partial charge in [-0.2, -0.15) is 0 Å². The highest BCUT2D eigenvalue weighted by atomic mass is 35.5. The Balaban J connectivity index is 2.02. The molecule has 0 unspecified atom stereocenters. The fourth-order valence-electron chi connectivity index (χ4n) is 2.55. The van der Waals surface area contributed by atoms with Crippen molar-refractivity contribution in [3.8, 4) is 22.8 Å². The molecule has 0 atom stereocenters. The van der Waals surface area contributed by atoms with Gasteiger partial charge in [-0.15, -0.1) is 11.3 Å². The second-order valence-electron chi connectivity index (χ2n) is 5.54. The normalized spacial score (nSPS) is 10.5. The van der Waals surface area contributed by atoms with Gasteiger partial charge >= 0.3 is 5.97 Å². The van der Waals surface area contributed by atoms with Gasteiger partial charge in [0.2, 0.25) is 0 Å². The number of carboxylic acids is 1. The fourth-order valence-corrected chi connectivity index (χ4v) is 3.72. The third-order valence-corrected chi connectivity index (χ3v) is 5.08. The highest BCUT2D eigenvalue weighted by Gasteiger charge is 2.18. The maximum Gasteiger partial charge on any atom is 0.308 e. The predicted molar refractivity (Wildman–Crippen MR) is 107 cm³/mol. The maximum atomic E-state index is 11.3. The molecule has 0 saturated carbocycles. The molecule has 0 saturated heterocycles. The Kier molecular flexibility index (Phi) is 5.83. The van der Waals surface area contributed by atoms with Gasteiger partial charge < -0.3 is 19.9 Å². The summed E-state index contributed by atoms with van der Waals surface area (Å²) in [5, 5.41) is 13.5. The molecule has 0 aliphatic rings. The second-order valence-corrected chi connectivity index (χ2v) is 7.03. The van der Waals surface area contributed by atoms with Crippen LogP contribution in [0, 0.1) is 0 Å². The first kappa shape index (κ1) is 19.0. The number of halogens is 1. The first-order valence-electron chi connectivity index (χ1n) is 7.97. The van der Waals surface area contributed by atoms with Gasteiger partial charge in [0.25, 0.3) is 0 Å². The summed E-state index contributed by atoms with van der Waals surface area (Å²) < 4.78 is 10.6. The van der Waals surface area contributed by atoms with E-state index < -0.39 is 5.97 Å². The number of benzene rings is 2. The van der Waals surface area contributed by atoms with Crippen molar-refractivity contribution < 1.29 is 19.4 Å². The molecule has 3 rings (SSSR count). The van der Waals surface area contributed by atoms with E-state index in [1.54, 1.807) is 32.4 Å². The minimum absolute atomic E-state index is 0.133. The lowest BCUT2D eigenvalue weighted by molar-refractivity contribution is -0.136. The number of nitrogens with one attached hydrogen (secondary N) is 1. The zero-order valence-corrected chi connectivity index (χ0v) is 16.2. The minimum Gasteiger partial charge on any atom is -0.493 e. The molecule has 2 aromatic carbocycles. The number of hydrogen-bond donors (Lipinski definition) is 2. The van der Waals surface area contributed by atoms with Gasteiger partial charge in [0.1, 0.15) is 0 Å². The first-order valence-corrected chi connectivity index (χ1v) is 9.16. The second kappa shape index (κ2) is 8.28. The van der Waals surface area contributed by atoms with Crippen molar-refractivity contribution in [2.75, 3.05) is 19.5 Å². The van der Waals surface area contributed by atoms with E-state index in [1.165, 1.54) is 11.3 Å². The molecule has 0 aliphatic carbocycles. The summed E-state index contributed by atoms with van der Waals surface area (Å²) in [5.41, 5.74) is 2.03. The standard InChI is InChI=1S/C19H17ClN2O4S/c1-25-14-8-7-11(9-15(14)26-2)18-16(10-17(23)24)27-19(22-18)21-13-6-4-3-5-12(13)20/h3-9H,10H2,1-2H3,(H,21,22)(H,23,24). The van der Waals surface area contributed by atoms with Crippen LogP contribution in [0.4, 0.5) is 10.8 Å². The Hall–Kier alpha value is -2.77. The third kappa shape index (κ3) is 4.32. The zero-order chi connectivity index (χ0) is 19.4. The molecular formula is C19H17ClN2O4S. The van der Waals surface area contributed by atoms with Gasteiger partial charge in [-0.05, 0) is 30.3 Å². The van der Waals surface area contributed by atoms with E-state index in [9.17, 15) is 9.90 Å². The number of para-hydroxylation sites is 1. The van der Waals surface area contributed by atoms with Crippen LogP contribution in [0.1, 0.15) is 4.88 Å². The summed E-state index contributed by atoms with van der Waals surface area (Å²) in [6.45, 7) is 0. The molecule has 6 nitrogen and oxygen atoms in total. The van der Waals surface area contributed by atoms with Crippen LogP contribution in [0.5, 0.6) is 11.5 Å². The van der Waals surface area contributed by atoms with Gasteiger partial charge in [-0.25, -0.2) is 4.98 Å². The monoisotopic (exact) mass is 404 g/mol. The number of nitrogens with zero attached hydrogens (tertiary/aromatic N) is 1. The maximum absolute atomic E-state index is 11.3. The van der Waals surface area contributed by atoms with Crippen LogP contribution in [0.3, 0.4) is 0 Å². The van der Waals surface area contributed by atoms with E-state index in [0.717, 1.165) is 5.56 Å². The number of carboxylic acid groups (broad SMARTS) is 1. The van der Waals surface area contributed by atoms with Gasteiger partial charge in [0.05, 0.1) is 37.0 Å².